The second kappa shape index (κ2) is 9.27. The van der Waals surface area contributed by atoms with Crippen molar-refractivity contribution in [3.8, 4) is 6.07 Å². The van der Waals surface area contributed by atoms with Crippen molar-refractivity contribution in [1.82, 2.24) is 4.90 Å². The highest BCUT2D eigenvalue weighted by atomic mass is 16.5. The number of nitriles is 1. The zero-order chi connectivity index (χ0) is 18.2. The summed E-state index contributed by atoms with van der Waals surface area (Å²) in [5.41, 5.74) is 2.96. The minimum absolute atomic E-state index is 0.0629. The van der Waals surface area contributed by atoms with Crippen LogP contribution in [0.3, 0.4) is 0 Å². The van der Waals surface area contributed by atoms with Crippen LogP contribution >= 0.6 is 0 Å². The van der Waals surface area contributed by atoms with Crippen LogP contribution in [0.2, 0.25) is 0 Å². The molecule has 0 radical (unpaired) electrons. The molecule has 0 saturated heterocycles. The molecule has 134 valence electrons. The molecule has 1 saturated carbocycles. The number of nitrogens with zero attached hydrogens (tertiary/aromatic N) is 2. The first-order valence-electron chi connectivity index (χ1n) is 9.07. The molecular formula is C21H28N2O2. The SMILES string of the molecule is CCOC(=O)CC1CCC(c2ccc(C(C#N)=CN(C)C)cc2)CC1. The Morgan fingerprint density at radius 3 is 2.40 bits per heavy atom. The highest BCUT2D eigenvalue weighted by Crippen LogP contribution is 2.37. The Labute approximate surface area is 151 Å². The molecule has 0 aromatic heterocycles. The lowest BCUT2D eigenvalue weighted by molar-refractivity contribution is -0.144. The van der Waals surface area contributed by atoms with E-state index < -0.39 is 0 Å². The van der Waals surface area contributed by atoms with Crippen molar-refractivity contribution in [2.45, 2.75) is 44.9 Å². The maximum atomic E-state index is 11.6. The number of carbonyl (C=O) groups is 1. The maximum Gasteiger partial charge on any atom is 0.306 e. The fraction of sp³-hybridized carbons (Fsp3) is 0.524. The van der Waals surface area contributed by atoms with Gasteiger partial charge in [-0.25, -0.2) is 0 Å². The summed E-state index contributed by atoms with van der Waals surface area (Å²) in [6.45, 7) is 2.32. The number of benzene rings is 1. The molecule has 25 heavy (non-hydrogen) atoms. The van der Waals surface area contributed by atoms with Crippen LogP contribution in [0.5, 0.6) is 0 Å². The van der Waals surface area contributed by atoms with Gasteiger partial charge in [-0.15, -0.1) is 0 Å². The molecule has 1 aliphatic carbocycles. The Hall–Kier alpha value is -2.28. The van der Waals surface area contributed by atoms with Crippen molar-refractivity contribution < 1.29 is 9.53 Å². The highest BCUT2D eigenvalue weighted by molar-refractivity contribution is 5.76. The fourth-order valence-corrected chi connectivity index (χ4v) is 3.52. The Morgan fingerprint density at radius 1 is 1.24 bits per heavy atom. The minimum Gasteiger partial charge on any atom is -0.466 e. The highest BCUT2D eigenvalue weighted by Gasteiger charge is 2.24. The molecule has 4 nitrogen and oxygen atoms in total. The van der Waals surface area contributed by atoms with Crippen molar-refractivity contribution in [3.63, 3.8) is 0 Å². The van der Waals surface area contributed by atoms with Crippen molar-refractivity contribution in [2.24, 2.45) is 5.92 Å². The van der Waals surface area contributed by atoms with Crippen LogP contribution in [-0.2, 0) is 9.53 Å². The topological polar surface area (TPSA) is 53.3 Å². The summed E-state index contributed by atoms with van der Waals surface area (Å²) >= 11 is 0. The molecule has 0 amide bonds. The van der Waals surface area contributed by atoms with Gasteiger partial charge in [-0.1, -0.05) is 24.3 Å². The van der Waals surface area contributed by atoms with Gasteiger partial charge in [0.15, 0.2) is 0 Å². The predicted molar refractivity (Wildman–Crippen MR) is 99.7 cm³/mol. The zero-order valence-electron chi connectivity index (χ0n) is 15.5. The number of esters is 1. The Balaban J connectivity index is 1.94. The summed E-state index contributed by atoms with van der Waals surface area (Å²) in [7, 11) is 3.83. The lowest BCUT2D eigenvalue weighted by Gasteiger charge is -2.28. The number of rotatable bonds is 6. The van der Waals surface area contributed by atoms with Gasteiger partial charge in [-0.05, 0) is 55.6 Å². The van der Waals surface area contributed by atoms with Gasteiger partial charge < -0.3 is 9.64 Å². The number of ether oxygens (including phenoxy) is 1. The average Bonchev–Trinajstić information content (AvgIpc) is 2.60. The molecule has 1 aromatic carbocycles. The zero-order valence-corrected chi connectivity index (χ0v) is 15.5. The van der Waals surface area contributed by atoms with Gasteiger partial charge in [0.2, 0.25) is 0 Å². The van der Waals surface area contributed by atoms with Crippen LogP contribution in [0.4, 0.5) is 0 Å². The van der Waals surface area contributed by atoms with Gasteiger partial charge >= 0.3 is 5.97 Å². The molecule has 0 atom stereocenters. The first kappa shape index (κ1) is 19.1. The van der Waals surface area contributed by atoms with Gasteiger partial charge in [0.05, 0.1) is 12.2 Å². The van der Waals surface area contributed by atoms with Gasteiger partial charge in [0, 0.05) is 26.7 Å². The van der Waals surface area contributed by atoms with E-state index in [4.69, 9.17) is 4.74 Å². The summed E-state index contributed by atoms with van der Waals surface area (Å²) < 4.78 is 5.06. The van der Waals surface area contributed by atoms with Crippen LogP contribution in [-0.4, -0.2) is 31.6 Å². The number of hydrogen-bond acceptors (Lipinski definition) is 4. The largest absolute Gasteiger partial charge is 0.466 e. The molecule has 1 aromatic rings. The Bertz CT molecular complexity index is 633. The van der Waals surface area contributed by atoms with Crippen molar-refractivity contribution >= 4 is 11.5 Å². The summed E-state index contributed by atoms with van der Waals surface area (Å²) in [4.78, 5) is 13.5. The van der Waals surface area contributed by atoms with Crippen molar-refractivity contribution in [1.29, 1.82) is 5.26 Å². The van der Waals surface area contributed by atoms with Crippen molar-refractivity contribution in [2.75, 3.05) is 20.7 Å². The molecule has 0 spiro atoms. The van der Waals surface area contributed by atoms with Crippen molar-refractivity contribution in [3.05, 3.63) is 41.6 Å². The van der Waals surface area contributed by atoms with Gasteiger partial charge in [-0.3, -0.25) is 4.79 Å². The first-order valence-corrected chi connectivity index (χ1v) is 9.07. The van der Waals surface area contributed by atoms with E-state index in [1.54, 1.807) is 0 Å². The Kier molecular flexibility index (Phi) is 7.06. The predicted octanol–water partition coefficient (Wildman–Crippen LogP) is 4.34. The third-order valence-electron chi connectivity index (χ3n) is 4.81. The lowest BCUT2D eigenvalue weighted by Crippen LogP contribution is -2.17. The molecule has 0 unspecified atom stereocenters. The normalized spacial score (nSPS) is 20.6. The summed E-state index contributed by atoms with van der Waals surface area (Å²) in [5, 5.41) is 9.30. The molecule has 1 fully saturated rings. The van der Waals surface area contributed by atoms with E-state index in [0.29, 0.717) is 30.4 Å². The molecule has 4 heteroatoms. The Morgan fingerprint density at radius 2 is 1.88 bits per heavy atom. The molecular weight excluding hydrogens is 312 g/mol. The third kappa shape index (κ3) is 5.63. The second-order valence-corrected chi connectivity index (χ2v) is 6.97. The van der Waals surface area contributed by atoms with E-state index in [1.807, 2.05) is 44.3 Å². The van der Waals surface area contributed by atoms with E-state index >= 15 is 0 Å². The van der Waals surface area contributed by atoms with Gasteiger partial charge in [0.25, 0.3) is 0 Å². The van der Waals surface area contributed by atoms with Crippen LogP contribution in [0.25, 0.3) is 5.57 Å². The molecule has 0 bridgehead atoms. The number of allylic oxidation sites excluding steroid dienone is 1. The standard InChI is InChI=1S/C21H28N2O2/c1-4-25-21(24)13-16-5-7-17(8-6-16)18-9-11-19(12-10-18)20(14-22)15-23(2)3/h9-12,15-17H,4-8,13H2,1-3H3. The maximum absolute atomic E-state index is 11.6. The number of carbonyl (C=O) groups excluding carboxylic acids is 1. The monoisotopic (exact) mass is 340 g/mol. The molecule has 1 aliphatic rings. The van der Waals surface area contributed by atoms with Crippen LogP contribution in [0, 0.1) is 17.2 Å². The lowest BCUT2D eigenvalue weighted by atomic mass is 9.77. The summed E-state index contributed by atoms with van der Waals surface area (Å²) in [5.74, 6) is 0.950. The van der Waals surface area contributed by atoms with E-state index in [-0.39, 0.29) is 5.97 Å². The third-order valence-corrected chi connectivity index (χ3v) is 4.81. The minimum atomic E-state index is -0.0629. The van der Waals surface area contributed by atoms with E-state index in [2.05, 4.69) is 18.2 Å². The molecule has 2 rings (SSSR count). The van der Waals surface area contributed by atoms with E-state index in [1.165, 1.54) is 5.56 Å². The van der Waals surface area contributed by atoms with Crippen LogP contribution < -0.4 is 0 Å². The smallest absolute Gasteiger partial charge is 0.306 e. The number of hydrogen-bond donors (Lipinski definition) is 0. The summed E-state index contributed by atoms with van der Waals surface area (Å²) in [6.07, 6.45) is 6.78. The molecule has 0 N–H and O–H groups in total. The fourth-order valence-electron chi connectivity index (χ4n) is 3.52. The van der Waals surface area contributed by atoms with Gasteiger partial charge in [0.1, 0.15) is 6.07 Å². The second-order valence-electron chi connectivity index (χ2n) is 6.97. The van der Waals surface area contributed by atoms with E-state index in [9.17, 15) is 10.1 Å². The van der Waals surface area contributed by atoms with Crippen LogP contribution in [0.1, 0.15) is 56.1 Å². The summed E-state index contributed by atoms with van der Waals surface area (Å²) in [6, 6.07) is 10.6. The first-order chi connectivity index (χ1) is 12.0. The quantitative estimate of drug-likeness (QED) is 0.571. The average molecular weight is 340 g/mol. The van der Waals surface area contributed by atoms with E-state index in [0.717, 1.165) is 31.2 Å². The van der Waals surface area contributed by atoms with Crippen LogP contribution in [0.15, 0.2) is 30.5 Å². The molecule has 0 aliphatic heterocycles. The molecule has 0 heterocycles. The van der Waals surface area contributed by atoms with Gasteiger partial charge in [-0.2, -0.15) is 5.26 Å².